The van der Waals surface area contributed by atoms with Gasteiger partial charge >= 0.3 is 5.97 Å². The highest BCUT2D eigenvalue weighted by atomic mass is 35.5. The fourth-order valence-electron chi connectivity index (χ4n) is 3.67. The van der Waals surface area contributed by atoms with Crippen molar-refractivity contribution in [3.63, 3.8) is 0 Å². The minimum absolute atomic E-state index is 0.102. The lowest BCUT2D eigenvalue weighted by Gasteiger charge is -2.14. The van der Waals surface area contributed by atoms with Gasteiger partial charge in [0.05, 0.1) is 32.5 Å². The molecule has 0 radical (unpaired) electrons. The van der Waals surface area contributed by atoms with E-state index in [1.807, 2.05) is 0 Å². The average Bonchev–Trinajstić information content (AvgIpc) is 3.14. The van der Waals surface area contributed by atoms with Crippen LogP contribution in [0, 0.1) is 6.92 Å². The van der Waals surface area contributed by atoms with E-state index in [4.69, 9.17) is 35.3 Å². The molecule has 34 heavy (non-hydrogen) atoms. The van der Waals surface area contributed by atoms with E-state index < -0.39 is 5.97 Å². The predicted molar refractivity (Wildman–Crippen MR) is 127 cm³/mol. The van der Waals surface area contributed by atoms with Gasteiger partial charge in [0.25, 0.3) is 0 Å². The first-order chi connectivity index (χ1) is 16.4. The molecule has 3 aromatic rings. The summed E-state index contributed by atoms with van der Waals surface area (Å²) in [6.45, 7) is 1.75. The Morgan fingerprint density at radius 2 is 1.65 bits per heavy atom. The Morgan fingerprint density at radius 1 is 0.941 bits per heavy atom. The van der Waals surface area contributed by atoms with Crippen molar-refractivity contribution in [1.29, 1.82) is 0 Å². The van der Waals surface area contributed by atoms with E-state index in [0.29, 0.717) is 50.3 Å². The zero-order valence-electron chi connectivity index (χ0n) is 18.9. The fourth-order valence-corrected chi connectivity index (χ4v) is 3.79. The number of methoxy groups -OCH3 is 3. The van der Waals surface area contributed by atoms with Gasteiger partial charge in [-0.1, -0.05) is 11.6 Å². The van der Waals surface area contributed by atoms with Crippen LogP contribution in [0.1, 0.15) is 31.8 Å². The van der Waals surface area contributed by atoms with Gasteiger partial charge in [0.15, 0.2) is 17.3 Å². The van der Waals surface area contributed by atoms with Crippen molar-refractivity contribution in [1.82, 2.24) is 0 Å². The van der Waals surface area contributed by atoms with Crippen LogP contribution < -0.4 is 23.7 Å². The Morgan fingerprint density at radius 3 is 2.29 bits per heavy atom. The normalized spacial score (nSPS) is 13.3. The number of fused-ring (bicyclic) bond motifs is 1. The van der Waals surface area contributed by atoms with Crippen molar-refractivity contribution >= 4 is 29.4 Å². The highest BCUT2D eigenvalue weighted by Gasteiger charge is 2.31. The number of ether oxygens (including phenoxy) is 5. The molecule has 3 aromatic carbocycles. The molecule has 0 aliphatic carbocycles. The quantitative estimate of drug-likeness (QED) is 0.261. The molecule has 174 valence electrons. The molecule has 1 heterocycles. The van der Waals surface area contributed by atoms with Crippen molar-refractivity contribution in [3.05, 3.63) is 81.6 Å². The maximum atomic E-state index is 13.1. The second-order valence-corrected chi connectivity index (χ2v) is 7.81. The summed E-state index contributed by atoms with van der Waals surface area (Å²) in [4.78, 5) is 25.5. The SMILES string of the molecule is COc1ccc(/C=C2\Oc3cc(OC(=O)c4ccc(Cl)cc4)cc(C)c3C2=O)c(OC)c1OC. The Kier molecular flexibility index (Phi) is 6.47. The summed E-state index contributed by atoms with van der Waals surface area (Å²) in [5.41, 5.74) is 1.94. The van der Waals surface area contributed by atoms with Gasteiger partial charge in [-0.25, -0.2) is 4.79 Å². The summed E-state index contributed by atoms with van der Waals surface area (Å²) < 4.78 is 27.5. The van der Waals surface area contributed by atoms with Crippen LogP contribution in [0.4, 0.5) is 0 Å². The predicted octanol–water partition coefficient (Wildman–Crippen LogP) is 5.51. The Labute approximate surface area is 201 Å². The van der Waals surface area contributed by atoms with E-state index in [1.54, 1.807) is 55.5 Å². The molecule has 0 spiro atoms. The topological polar surface area (TPSA) is 80.3 Å². The zero-order chi connectivity index (χ0) is 24.4. The monoisotopic (exact) mass is 480 g/mol. The second-order valence-electron chi connectivity index (χ2n) is 7.37. The van der Waals surface area contributed by atoms with Crippen molar-refractivity contribution in [2.45, 2.75) is 6.92 Å². The van der Waals surface area contributed by atoms with Crippen LogP contribution in [0.2, 0.25) is 5.02 Å². The van der Waals surface area contributed by atoms with Crippen molar-refractivity contribution in [2.24, 2.45) is 0 Å². The number of aryl methyl sites for hydroxylation is 1. The van der Waals surface area contributed by atoms with Crippen LogP contribution >= 0.6 is 11.6 Å². The van der Waals surface area contributed by atoms with E-state index in [9.17, 15) is 9.59 Å². The van der Waals surface area contributed by atoms with Crippen LogP contribution in [0.5, 0.6) is 28.7 Å². The Balaban J connectivity index is 1.64. The molecular formula is C26H21ClO7. The van der Waals surface area contributed by atoms with Gasteiger partial charge in [-0.2, -0.15) is 0 Å². The number of carbonyl (C=O) groups excluding carboxylic acids is 2. The number of hydrogen-bond donors (Lipinski definition) is 0. The molecule has 0 unspecified atom stereocenters. The standard InChI is InChI=1S/C26H21ClO7/c1-14-11-18(33-26(29)15-5-8-17(27)9-6-15)13-20-22(14)23(28)21(34-20)12-16-7-10-19(30-2)25(32-4)24(16)31-3/h5-13H,1-4H3/b21-12-. The van der Waals surface area contributed by atoms with Crippen LogP contribution in [-0.2, 0) is 0 Å². The van der Waals surface area contributed by atoms with Crippen molar-refractivity contribution in [3.8, 4) is 28.7 Å². The van der Waals surface area contributed by atoms with Crippen molar-refractivity contribution < 1.29 is 33.3 Å². The smallest absolute Gasteiger partial charge is 0.343 e. The number of esters is 1. The van der Waals surface area contributed by atoms with Crippen LogP contribution in [0.3, 0.4) is 0 Å². The number of hydrogen-bond acceptors (Lipinski definition) is 7. The summed E-state index contributed by atoms with van der Waals surface area (Å²) in [5, 5.41) is 0.516. The third-order valence-electron chi connectivity index (χ3n) is 5.26. The van der Waals surface area contributed by atoms with Crippen LogP contribution in [-0.4, -0.2) is 33.1 Å². The molecule has 0 atom stereocenters. The van der Waals surface area contributed by atoms with Crippen LogP contribution in [0.15, 0.2) is 54.3 Å². The van der Waals surface area contributed by atoms with E-state index in [0.717, 1.165) is 0 Å². The Hall–Kier alpha value is -3.97. The lowest BCUT2D eigenvalue weighted by atomic mass is 10.0. The van der Waals surface area contributed by atoms with E-state index in [1.165, 1.54) is 27.4 Å². The molecule has 1 aliphatic rings. The third kappa shape index (κ3) is 4.30. The molecule has 0 bridgehead atoms. The Bertz CT molecular complexity index is 1310. The molecule has 0 saturated carbocycles. The minimum atomic E-state index is -0.550. The molecule has 0 amide bonds. The number of rotatable bonds is 6. The maximum Gasteiger partial charge on any atom is 0.343 e. The van der Waals surface area contributed by atoms with Gasteiger partial charge < -0.3 is 23.7 Å². The second kappa shape index (κ2) is 9.49. The summed E-state index contributed by atoms with van der Waals surface area (Å²) in [6.07, 6.45) is 1.57. The maximum absolute atomic E-state index is 13.1. The van der Waals surface area contributed by atoms with E-state index >= 15 is 0 Å². The van der Waals surface area contributed by atoms with E-state index in [2.05, 4.69) is 0 Å². The van der Waals surface area contributed by atoms with Gasteiger partial charge in [0.2, 0.25) is 11.5 Å². The lowest BCUT2D eigenvalue weighted by Crippen LogP contribution is -2.08. The molecule has 7 nitrogen and oxygen atoms in total. The molecule has 0 fully saturated rings. The lowest BCUT2D eigenvalue weighted by molar-refractivity contribution is 0.0734. The number of halogens is 1. The molecule has 4 rings (SSSR count). The van der Waals surface area contributed by atoms with Gasteiger partial charge in [0, 0.05) is 16.7 Å². The number of Topliss-reactive ketones (excluding diaryl/α,β-unsaturated/α-hetero) is 1. The molecule has 0 saturated heterocycles. The third-order valence-corrected chi connectivity index (χ3v) is 5.51. The summed E-state index contributed by atoms with van der Waals surface area (Å²) in [7, 11) is 4.52. The molecule has 8 heteroatoms. The number of carbonyl (C=O) groups is 2. The minimum Gasteiger partial charge on any atom is -0.493 e. The molecule has 1 aliphatic heterocycles. The summed E-state index contributed by atoms with van der Waals surface area (Å²) >= 11 is 5.87. The van der Waals surface area contributed by atoms with Gasteiger partial charge in [0.1, 0.15) is 11.5 Å². The molecule has 0 aromatic heterocycles. The number of benzene rings is 3. The van der Waals surface area contributed by atoms with Gasteiger partial charge in [-0.3, -0.25) is 4.79 Å². The van der Waals surface area contributed by atoms with Gasteiger partial charge in [-0.15, -0.1) is 0 Å². The van der Waals surface area contributed by atoms with Gasteiger partial charge in [-0.05, 0) is 61.0 Å². The first-order valence-corrected chi connectivity index (χ1v) is 10.6. The first-order valence-electron chi connectivity index (χ1n) is 10.2. The summed E-state index contributed by atoms with van der Waals surface area (Å²) in [5.74, 6) is 1.11. The first kappa shape index (κ1) is 23.2. The number of ketones is 1. The number of allylic oxidation sites excluding steroid dienone is 1. The van der Waals surface area contributed by atoms with E-state index in [-0.39, 0.29) is 17.3 Å². The highest BCUT2D eigenvalue weighted by molar-refractivity contribution is 6.30. The largest absolute Gasteiger partial charge is 0.493 e. The summed E-state index contributed by atoms with van der Waals surface area (Å²) in [6, 6.07) is 12.9. The highest BCUT2D eigenvalue weighted by Crippen LogP contribution is 2.42. The zero-order valence-corrected chi connectivity index (χ0v) is 19.7. The van der Waals surface area contributed by atoms with Crippen molar-refractivity contribution in [2.75, 3.05) is 21.3 Å². The van der Waals surface area contributed by atoms with Crippen LogP contribution in [0.25, 0.3) is 6.08 Å². The average molecular weight is 481 g/mol. The molecule has 0 N–H and O–H groups in total. The molecular weight excluding hydrogens is 460 g/mol. The fraction of sp³-hybridized carbons (Fsp3) is 0.154.